The molecule has 1 aromatic rings. The molecule has 0 spiro atoms. The third kappa shape index (κ3) is 4.55. The van der Waals surface area contributed by atoms with E-state index in [1.54, 1.807) is 12.1 Å². The Morgan fingerprint density at radius 3 is 2.50 bits per heavy atom. The Hall–Kier alpha value is -0.660. The molecule has 102 valence electrons. The molecule has 18 heavy (non-hydrogen) atoms. The Kier molecular flexibility index (Phi) is 6.04. The molecule has 5 nitrogen and oxygen atoms in total. The maximum absolute atomic E-state index is 11.8. The van der Waals surface area contributed by atoms with Crippen molar-refractivity contribution in [1.82, 2.24) is 4.72 Å². The highest BCUT2D eigenvalue weighted by Gasteiger charge is 2.15. The van der Waals surface area contributed by atoms with E-state index in [4.69, 9.17) is 16.3 Å². The number of sulfonamides is 1. The molecule has 0 aliphatic rings. The Labute approximate surface area is 112 Å². The van der Waals surface area contributed by atoms with Crippen molar-refractivity contribution >= 4 is 21.6 Å². The molecular formula is C11H16ClNO4S. The smallest absolute Gasteiger partial charge is 0.240 e. The fourth-order valence-corrected chi connectivity index (χ4v) is 2.55. The van der Waals surface area contributed by atoms with Gasteiger partial charge in [0.2, 0.25) is 10.0 Å². The molecule has 1 atom stereocenters. The van der Waals surface area contributed by atoms with Crippen LogP contribution < -0.4 is 4.72 Å². The molecule has 0 amide bonds. The summed E-state index contributed by atoms with van der Waals surface area (Å²) < 4.78 is 30.7. The molecule has 0 fully saturated rings. The van der Waals surface area contributed by atoms with E-state index in [0.717, 1.165) is 5.56 Å². The highest BCUT2D eigenvalue weighted by molar-refractivity contribution is 7.89. The van der Waals surface area contributed by atoms with Crippen LogP contribution in [0.4, 0.5) is 0 Å². The van der Waals surface area contributed by atoms with Crippen molar-refractivity contribution in [3.63, 3.8) is 0 Å². The second-order valence-electron chi connectivity index (χ2n) is 3.74. The number of halogens is 1. The van der Waals surface area contributed by atoms with Gasteiger partial charge in [0, 0.05) is 19.5 Å². The van der Waals surface area contributed by atoms with Crippen LogP contribution in [0.25, 0.3) is 0 Å². The summed E-state index contributed by atoms with van der Waals surface area (Å²) in [6.07, 6.45) is -0.869. The van der Waals surface area contributed by atoms with Crippen molar-refractivity contribution in [1.29, 1.82) is 0 Å². The lowest BCUT2D eigenvalue weighted by Gasteiger charge is -2.11. The Morgan fingerprint density at radius 1 is 1.39 bits per heavy atom. The lowest BCUT2D eigenvalue weighted by Crippen LogP contribution is -2.34. The first kappa shape index (κ1) is 15.4. The number of aliphatic hydroxyl groups is 1. The lowest BCUT2D eigenvalue weighted by molar-refractivity contribution is 0.0679. The normalized spacial score (nSPS) is 13.5. The van der Waals surface area contributed by atoms with Gasteiger partial charge < -0.3 is 9.84 Å². The molecule has 0 bridgehead atoms. The monoisotopic (exact) mass is 293 g/mol. The summed E-state index contributed by atoms with van der Waals surface area (Å²) >= 11 is 5.62. The molecule has 0 aromatic heterocycles. The first-order valence-electron chi connectivity index (χ1n) is 5.31. The summed E-state index contributed by atoms with van der Waals surface area (Å²) in [7, 11) is -2.17. The quantitative estimate of drug-likeness (QED) is 0.726. The average Bonchev–Trinajstić information content (AvgIpc) is 2.37. The predicted molar refractivity (Wildman–Crippen MR) is 69.1 cm³/mol. The maximum Gasteiger partial charge on any atom is 0.240 e. The van der Waals surface area contributed by atoms with Gasteiger partial charge in [-0.15, -0.1) is 11.6 Å². The standard InChI is InChI=1S/C11H16ClNO4S/c1-17-8-10(14)7-13-18(15,16)11-4-2-9(6-12)3-5-11/h2-5,10,13-14H,6-8H2,1H3. The maximum atomic E-state index is 11.8. The molecule has 1 unspecified atom stereocenters. The Morgan fingerprint density at radius 2 is 2.00 bits per heavy atom. The number of hydrogen-bond donors (Lipinski definition) is 2. The van der Waals surface area contributed by atoms with E-state index >= 15 is 0 Å². The Bertz CT molecular complexity index is 460. The number of methoxy groups -OCH3 is 1. The van der Waals surface area contributed by atoms with E-state index in [-0.39, 0.29) is 18.0 Å². The molecule has 0 saturated carbocycles. The first-order valence-corrected chi connectivity index (χ1v) is 7.33. The van der Waals surface area contributed by atoms with Crippen LogP contribution in [0.1, 0.15) is 5.56 Å². The number of ether oxygens (including phenoxy) is 1. The van der Waals surface area contributed by atoms with Gasteiger partial charge in [0.1, 0.15) is 0 Å². The second kappa shape index (κ2) is 7.06. The van der Waals surface area contributed by atoms with Crippen molar-refractivity contribution < 1.29 is 18.3 Å². The molecule has 0 aliphatic carbocycles. The van der Waals surface area contributed by atoms with E-state index in [9.17, 15) is 13.5 Å². The summed E-state index contributed by atoms with van der Waals surface area (Å²) in [5.41, 5.74) is 0.843. The summed E-state index contributed by atoms with van der Waals surface area (Å²) in [6, 6.07) is 6.24. The zero-order valence-electron chi connectivity index (χ0n) is 9.97. The van der Waals surface area contributed by atoms with E-state index in [2.05, 4.69) is 4.72 Å². The van der Waals surface area contributed by atoms with Crippen LogP contribution in [0.3, 0.4) is 0 Å². The third-order valence-electron chi connectivity index (χ3n) is 2.26. The molecule has 0 aliphatic heterocycles. The minimum absolute atomic E-state index is 0.0771. The number of aliphatic hydroxyl groups excluding tert-OH is 1. The van der Waals surface area contributed by atoms with E-state index in [1.807, 2.05) is 0 Å². The molecule has 0 radical (unpaired) electrons. The van der Waals surface area contributed by atoms with Gasteiger partial charge in [0.25, 0.3) is 0 Å². The summed E-state index contributed by atoms with van der Waals surface area (Å²) in [6.45, 7) is -0.0128. The largest absolute Gasteiger partial charge is 0.389 e. The SMILES string of the molecule is COCC(O)CNS(=O)(=O)c1ccc(CCl)cc1. The van der Waals surface area contributed by atoms with Gasteiger partial charge in [-0.05, 0) is 17.7 Å². The lowest BCUT2D eigenvalue weighted by atomic mass is 10.2. The van der Waals surface area contributed by atoms with Crippen LogP contribution in [-0.4, -0.2) is 39.9 Å². The van der Waals surface area contributed by atoms with Crippen LogP contribution >= 0.6 is 11.6 Å². The van der Waals surface area contributed by atoms with Gasteiger partial charge in [0.15, 0.2) is 0 Å². The molecule has 7 heteroatoms. The van der Waals surface area contributed by atoms with E-state index in [0.29, 0.717) is 5.88 Å². The minimum Gasteiger partial charge on any atom is -0.389 e. The average molecular weight is 294 g/mol. The van der Waals surface area contributed by atoms with Crippen LogP contribution in [-0.2, 0) is 20.6 Å². The molecule has 0 saturated heterocycles. The van der Waals surface area contributed by atoms with Crippen LogP contribution in [0.5, 0.6) is 0 Å². The van der Waals surface area contributed by atoms with Crippen LogP contribution in [0.15, 0.2) is 29.2 Å². The van der Waals surface area contributed by atoms with Gasteiger partial charge in [-0.3, -0.25) is 0 Å². The topological polar surface area (TPSA) is 75.6 Å². The van der Waals surface area contributed by atoms with Crippen molar-refractivity contribution in [2.24, 2.45) is 0 Å². The number of hydrogen-bond acceptors (Lipinski definition) is 4. The predicted octanol–water partition coefficient (Wildman–Crippen LogP) is 0.711. The fraction of sp³-hybridized carbons (Fsp3) is 0.455. The van der Waals surface area contributed by atoms with Crippen LogP contribution in [0.2, 0.25) is 0 Å². The van der Waals surface area contributed by atoms with Gasteiger partial charge in [-0.25, -0.2) is 13.1 Å². The number of rotatable bonds is 7. The second-order valence-corrected chi connectivity index (χ2v) is 5.77. The van der Waals surface area contributed by atoms with Crippen molar-refractivity contribution in [2.45, 2.75) is 16.9 Å². The highest BCUT2D eigenvalue weighted by Crippen LogP contribution is 2.11. The molecule has 2 N–H and O–H groups in total. The summed E-state index contributed by atoms with van der Waals surface area (Å²) in [5, 5.41) is 9.37. The number of alkyl halides is 1. The first-order chi connectivity index (χ1) is 8.49. The van der Waals surface area contributed by atoms with Crippen LogP contribution in [0, 0.1) is 0 Å². The fourth-order valence-electron chi connectivity index (χ4n) is 1.30. The van der Waals surface area contributed by atoms with Crippen molar-refractivity contribution in [3.8, 4) is 0 Å². The molecular weight excluding hydrogens is 278 g/mol. The third-order valence-corrected chi connectivity index (χ3v) is 4.00. The molecule has 1 aromatic carbocycles. The number of benzene rings is 1. The van der Waals surface area contributed by atoms with Gasteiger partial charge >= 0.3 is 0 Å². The highest BCUT2D eigenvalue weighted by atomic mass is 35.5. The number of nitrogens with one attached hydrogen (secondary N) is 1. The molecule has 0 heterocycles. The van der Waals surface area contributed by atoms with E-state index < -0.39 is 16.1 Å². The van der Waals surface area contributed by atoms with Crippen molar-refractivity contribution in [2.75, 3.05) is 20.3 Å². The summed E-state index contributed by atoms with van der Waals surface area (Å²) in [5.74, 6) is 0.334. The van der Waals surface area contributed by atoms with Crippen molar-refractivity contribution in [3.05, 3.63) is 29.8 Å². The molecule has 1 rings (SSSR count). The zero-order valence-corrected chi connectivity index (χ0v) is 11.5. The van der Waals surface area contributed by atoms with Gasteiger partial charge in [0.05, 0.1) is 17.6 Å². The minimum atomic E-state index is -3.61. The van der Waals surface area contributed by atoms with Gasteiger partial charge in [-0.1, -0.05) is 12.1 Å². The van der Waals surface area contributed by atoms with Gasteiger partial charge in [-0.2, -0.15) is 0 Å². The zero-order chi connectivity index (χ0) is 13.6. The Balaban J connectivity index is 2.67. The summed E-state index contributed by atoms with van der Waals surface area (Å²) in [4.78, 5) is 0.140. The van der Waals surface area contributed by atoms with E-state index in [1.165, 1.54) is 19.2 Å².